The molecule has 6 aliphatic rings. The molecule has 7 nitrogen and oxygen atoms in total. The molecule has 0 radical (unpaired) electrons. The van der Waals surface area contributed by atoms with Crippen molar-refractivity contribution in [2.24, 2.45) is 50.2 Å². The lowest BCUT2D eigenvalue weighted by Gasteiger charge is -2.70. The average Bonchev–Trinajstić information content (AvgIpc) is 3.07. The van der Waals surface area contributed by atoms with Gasteiger partial charge in [-0.25, -0.2) is 4.79 Å². The number of aromatic carboxylic acids is 1. The van der Waals surface area contributed by atoms with Crippen molar-refractivity contribution in [3.05, 3.63) is 53.1 Å². The molecule has 5 aliphatic carbocycles. The van der Waals surface area contributed by atoms with E-state index >= 15 is 0 Å². The van der Waals surface area contributed by atoms with E-state index in [4.69, 9.17) is 0 Å². The molecule has 52 heavy (non-hydrogen) atoms. The summed E-state index contributed by atoms with van der Waals surface area (Å²) >= 11 is 0. The third-order valence-corrected chi connectivity index (χ3v) is 18.2. The van der Waals surface area contributed by atoms with Crippen molar-refractivity contribution in [2.75, 3.05) is 37.7 Å². The number of carboxylic acid groups (broad SMARTS) is 1. The fourth-order valence-electron chi connectivity index (χ4n) is 13.2. The summed E-state index contributed by atoms with van der Waals surface area (Å²) in [6, 6.07) is 7.51. The van der Waals surface area contributed by atoms with Gasteiger partial charge >= 0.3 is 5.97 Å². The minimum Gasteiger partial charge on any atom is -0.478 e. The van der Waals surface area contributed by atoms with Gasteiger partial charge in [0.25, 0.3) is 0 Å². The highest BCUT2D eigenvalue weighted by atomic mass is 32.3. The third-order valence-electron chi connectivity index (χ3n) is 16.5. The Balaban J connectivity index is 1.13. The van der Waals surface area contributed by atoms with Crippen LogP contribution in [0.25, 0.3) is 5.57 Å². The van der Waals surface area contributed by atoms with Gasteiger partial charge in [-0.2, -0.15) is 10.6 Å². The van der Waals surface area contributed by atoms with Crippen LogP contribution >= 0.6 is 10.6 Å². The zero-order valence-corrected chi connectivity index (χ0v) is 33.8. The Morgan fingerprint density at radius 3 is 2.23 bits per heavy atom. The van der Waals surface area contributed by atoms with Crippen molar-refractivity contribution < 1.29 is 23.8 Å². The van der Waals surface area contributed by atoms with Gasteiger partial charge in [0, 0.05) is 19.6 Å². The molecule has 0 aromatic heterocycles. The Morgan fingerprint density at radius 2 is 1.56 bits per heavy atom. The SMILES string of the molecule is CC1(C)CC[C@]2(C(=O)NCCCN3CCS(O)(O)CC3)CC[C@]3(C)C(=CC[C@@H]4[C@@]5(C)CC=C(c6ccc(C(=O)O)cc6)C(C)(C)[C@@H]5CC[C@]43C)[C@@H]2C1. The van der Waals surface area contributed by atoms with Crippen LogP contribution in [0.5, 0.6) is 0 Å². The Hall–Kier alpha value is -2.13. The predicted molar refractivity (Wildman–Crippen MR) is 212 cm³/mol. The summed E-state index contributed by atoms with van der Waals surface area (Å²) in [5.41, 5.74) is 4.62. The number of carboxylic acids is 1. The first-order valence-corrected chi connectivity index (χ1v) is 22.2. The topological polar surface area (TPSA) is 110 Å². The second-order valence-corrected chi connectivity index (χ2v) is 22.4. The molecule has 0 unspecified atom stereocenters. The number of carbonyl (C=O) groups excluding carboxylic acids is 1. The van der Waals surface area contributed by atoms with Crippen LogP contribution in [0.1, 0.15) is 129 Å². The van der Waals surface area contributed by atoms with Gasteiger partial charge < -0.3 is 15.3 Å². The molecule has 4 N–H and O–H groups in total. The Morgan fingerprint density at radius 1 is 0.885 bits per heavy atom. The number of hydrogen-bond donors (Lipinski definition) is 4. The van der Waals surface area contributed by atoms with Crippen LogP contribution < -0.4 is 5.32 Å². The molecule has 4 fully saturated rings. The van der Waals surface area contributed by atoms with Gasteiger partial charge in [0.15, 0.2) is 0 Å². The van der Waals surface area contributed by atoms with Crippen LogP contribution in [-0.2, 0) is 4.79 Å². The number of carbonyl (C=O) groups is 2. The molecule has 0 spiro atoms. The summed E-state index contributed by atoms with van der Waals surface area (Å²) in [5.74, 6) is 1.67. The van der Waals surface area contributed by atoms with Gasteiger partial charge in [0.2, 0.25) is 5.91 Å². The van der Waals surface area contributed by atoms with Crippen molar-refractivity contribution >= 4 is 28.0 Å². The highest BCUT2D eigenvalue weighted by Crippen LogP contribution is 2.76. The van der Waals surface area contributed by atoms with E-state index in [1.54, 1.807) is 17.7 Å². The first kappa shape index (κ1) is 38.2. The van der Waals surface area contributed by atoms with Gasteiger partial charge in [-0.15, -0.1) is 0 Å². The fraction of sp³-hybridized carbons (Fsp3) is 0.727. The van der Waals surface area contributed by atoms with E-state index in [0.29, 0.717) is 35.4 Å². The van der Waals surface area contributed by atoms with Crippen LogP contribution in [0.4, 0.5) is 0 Å². The molecule has 1 heterocycles. The van der Waals surface area contributed by atoms with Gasteiger partial charge in [-0.05, 0) is 139 Å². The van der Waals surface area contributed by atoms with Crippen LogP contribution in [0.3, 0.4) is 0 Å². The highest BCUT2D eigenvalue weighted by molar-refractivity contribution is 8.24. The minimum absolute atomic E-state index is 0.0333. The normalized spacial score (nSPS) is 39.7. The number of nitrogens with one attached hydrogen (secondary N) is 1. The molecule has 3 saturated carbocycles. The van der Waals surface area contributed by atoms with Crippen molar-refractivity contribution in [1.29, 1.82) is 0 Å². The highest BCUT2D eigenvalue weighted by Gasteiger charge is 2.68. The van der Waals surface area contributed by atoms with Crippen LogP contribution in [0, 0.1) is 50.2 Å². The molecule has 0 bridgehead atoms. The summed E-state index contributed by atoms with van der Waals surface area (Å²) in [7, 11) is -2.39. The molecule has 288 valence electrons. The molecular weight excluding hydrogens is 669 g/mol. The number of allylic oxidation sites excluding steroid dienone is 4. The van der Waals surface area contributed by atoms with Crippen LogP contribution in [-0.4, -0.2) is 68.7 Å². The van der Waals surface area contributed by atoms with Crippen LogP contribution in [0.15, 0.2) is 42.0 Å². The summed E-state index contributed by atoms with van der Waals surface area (Å²) in [6.45, 7) is 20.5. The zero-order valence-electron chi connectivity index (χ0n) is 33.0. The second-order valence-electron chi connectivity index (χ2n) is 20.0. The van der Waals surface area contributed by atoms with E-state index in [-0.39, 0.29) is 44.3 Å². The van der Waals surface area contributed by atoms with E-state index in [9.17, 15) is 23.8 Å². The molecule has 1 amide bonds. The Labute approximate surface area is 314 Å². The summed E-state index contributed by atoms with van der Waals surface area (Å²) in [6.07, 6.45) is 15.7. The fourth-order valence-corrected chi connectivity index (χ4v) is 14.5. The molecule has 1 aliphatic heterocycles. The maximum absolute atomic E-state index is 14.5. The first-order valence-electron chi connectivity index (χ1n) is 20.3. The molecule has 1 aromatic rings. The van der Waals surface area contributed by atoms with E-state index in [1.807, 2.05) is 12.1 Å². The second kappa shape index (κ2) is 13.0. The number of amides is 1. The van der Waals surface area contributed by atoms with E-state index in [1.165, 1.54) is 18.4 Å². The van der Waals surface area contributed by atoms with Crippen molar-refractivity contribution in [1.82, 2.24) is 10.2 Å². The molecular formula is C44H66N2O5S. The quantitative estimate of drug-likeness (QED) is 0.164. The maximum atomic E-state index is 14.5. The summed E-state index contributed by atoms with van der Waals surface area (Å²) in [5, 5.41) is 12.9. The smallest absolute Gasteiger partial charge is 0.335 e. The van der Waals surface area contributed by atoms with E-state index in [2.05, 4.69) is 70.8 Å². The number of hydrogen-bond acceptors (Lipinski definition) is 5. The number of fused-ring (bicyclic) bond motifs is 7. The third kappa shape index (κ3) is 6.05. The van der Waals surface area contributed by atoms with Crippen molar-refractivity contribution in [3.63, 3.8) is 0 Å². The van der Waals surface area contributed by atoms with E-state index in [0.717, 1.165) is 76.6 Å². The molecule has 8 heteroatoms. The zero-order chi connectivity index (χ0) is 37.5. The molecule has 7 rings (SSSR count). The first-order chi connectivity index (χ1) is 24.3. The van der Waals surface area contributed by atoms with E-state index < -0.39 is 16.6 Å². The minimum atomic E-state index is -2.39. The van der Waals surface area contributed by atoms with Gasteiger partial charge in [0.05, 0.1) is 22.5 Å². The van der Waals surface area contributed by atoms with Gasteiger partial charge in [-0.3, -0.25) is 13.9 Å². The largest absolute Gasteiger partial charge is 0.478 e. The molecule has 1 saturated heterocycles. The van der Waals surface area contributed by atoms with Crippen molar-refractivity contribution in [2.45, 2.75) is 113 Å². The lowest BCUT2D eigenvalue weighted by molar-refractivity contribution is -0.167. The summed E-state index contributed by atoms with van der Waals surface area (Å²) in [4.78, 5) is 28.4. The number of rotatable bonds is 7. The molecule has 1 aromatic carbocycles. The Kier molecular flexibility index (Phi) is 9.53. The maximum Gasteiger partial charge on any atom is 0.335 e. The lowest BCUT2D eigenvalue weighted by atomic mass is 9.33. The number of benzene rings is 1. The number of nitrogens with zero attached hydrogens (tertiary/aromatic N) is 1. The monoisotopic (exact) mass is 734 g/mol. The van der Waals surface area contributed by atoms with Gasteiger partial charge in [0.1, 0.15) is 0 Å². The molecule has 7 atom stereocenters. The van der Waals surface area contributed by atoms with Crippen LogP contribution in [0.2, 0.25) is 0 Å². The lowest BCUT2D eigenvalue weighted by Crippen LogP contribution is -2.64. The summed E-state index contributed by atoms with van der Waals surface area (Å²) < 4.78 is 20.0. The Bertz CT molecular complexity index is 1640. The predicted octanol–water partition coefficient (Wildman–Crippen LogP) is 9.75. The van der Waals surface area contributed by atoms with Crippen molar-refractivity contribution in [3.8, 4) is 0 Å². The average molecular weight is 735 g/mol. The standard InChI is InChI=1S/C44H66N2O5S/c1-39(2)19-21-44(38(49)45-23-8-24-46-25-27-52(50,51)28-26-46)22-20-42(6)33(34(44)29-39)13-14-36-41(5)17-15-32(30-9-11-31(12-10-30)37(47)48)40(3,4)35(41)16-18-43(36,42)7/h9-13,15,34-36,50-51H,8,14,16-29H2,1-7H3,(H,45,49)(H,47,48)/t34-,35-,36+,41-,42+,43+,44-/m0/s1. The van der Waals surface area contributed by atoms with Gasteiger partial charge in [-0.1, -0.05) is 78.3 Å².